The number of nitrogens with one attached hydrogen (secondary N) is 4. The molecular weight excluding hydrogens is 552 g/mol. The second kappa shape index (κ2) is 18.7. The molecule has 2 heterocycles. The summed E-state index contributed by atoms with van der Waals surface area (Å²) in [4.78, 5) is 46.8. The number of thioether (sulfide) groups is 1. The minimum absolute atomic E-state index is 0.0267. The number of carbonyl (C=O) groups is 4. The summed E-state index contributed by atoms with van der Waals surface area (Å²) in [6.45, 7) is 4.52. The molecule has 3 atom stereocenters. The van der Waals surface area contributed by atoms with Crippen molar-refractivity contribution in [3.8, 4) is 0 Å². The van der Waals surface area contributed by atoms with E-state index in [1.54, 1.807) is 24.3 Å². The Morgan fingerprint density at radius 1 is 0.927 bits per heavy atom. The Morgan fingerprint density at radius 2 is 1.63 bits per heavy atom. The van der Waals surface area contributed by atoms with E-state index in [0.29, 0.717) is 69.1 Å². The number of benzene rings is 1. The number of urea groups is 1. The van der Waals surface area contributed by atoms with Crippen LogP contribution in [0.3, 0.4) is 0 Å². The normalized spacial score (nSPS) is 19.3. The number of unbranched alkanes of at least 4 members (excludes halogenated alkanes) is 1. The first-order valence-corrected chi connectivity index (χ1v) is 15.1. The molecule has 0 bridgehead atoms. The summed E-state index contributed by atoms with van der Waals surface area (Å²) in [6.07, 6.45) is 3.29. The zero-order valence-corrected chi connectivity index (χ0v) is 24.4. The fourth-order valence-corrected chi connectivity index (χ4v) is 6.01. The molecule has 4 N–H and O–H groups in total. The summed E-state index contributed by atoms with van der Waals surface area (Å²) in [5.41, 5.74) is 1.08. The van der Waals surface area contributed by atoms with E-state index in [0.717, 1.165) is 25.0 Å². The molecule has 13 heteroatoms. The van der Waals surface area contributed by atoms with Crippen molar-refractivity contribution >= 4 is 41.1 Å². The van der Waals surface area contributed by atoms with Crippen LogP contribution in [0.1, 0.15) is 43.0 Å². The van der Waals surface area contributed by atoms with Crippen LogP contribution in [0.15, 0.2) is 24.3 Å². The van der Waals surface area contributed by atoms with Gasteiger partial charge in [-0.1, -0.05) is 18.6 Å². The molecule has 12 nitrogen and oxygen atoms in total. The Morgan fingerprint density at radius 3 is 2.37 bits per heavy atom. The van der Waals surface area contributed by atoms with E-state index in [2.05, 4.69) is 21.3 Å². The van der Waals surface area contributed by atoms with Crippen molar-refractivity contribution in [3.05, 3.63) is 29.8 Å². The zero-order valence-electron chi connectivity index (χ0n) is 23.6. The van der Waals surface area contributed by atoms with Gasteiger partial charge in [0.05, 0.1) is 58.3 Å². The largest absolute Gasteiger partial charge is 0.377 e. The fraction of sp³-hybridized carbons (Fsp3) is 0.643. The number of hydrogen-bond acceptors (Lipinski definition) is 9. The average molecular weight is 595 g/mol. The van der Waals surface area contributed by atoms with Gasteiger partial charge < -0.3 is 40.2 Å². The van der Waals surface area contributed by atoms with Crippen molar-refractivity contribution in [1.29, 1.82) is 0 Å². The lowest BCUT2D eigenvalue weighted by Crippen LogP contribution is -2.36. The third kappa shape index (κ3) is 12.8. The van der Waals surface area contributed by atoms with Gasteiger partial charge in [0.1, 0.15) is 6.61 Å². The Bertz CT molecular complexity index is 998. The van der Waals surface area contributed by atoms with Crippen molar-refractivity contribution in [3.63, 3.8) is 0 Å². The maximum Gasteiger partial charge on any atom is 0.315 e. The van der Waals surface area contributed by atoms with Gasteiger partial charge >= 0.3 is 6.03 Å². The molecular formula is C28H42N4O8S. The average Bonchev–Trinajstić information content (AvgIpc) is 3.50. The van der Waals surface area contributed by atoms with Crippen LogP contribution in [0, 0.1) is 0 Å². The standard InChI is InChI=1S/C28H42N4O8S/c1-20(33)21-5-4-6-22(17-21)30-26(35)18-40-16-15-39-14-13-38-12-11-37-10-9-29-25(34)8-3-2-7-24-27-23(19-41-24)31-28(36)32-27/h4-6,17,23-24,27H,2-3,7-16,18-19H2,1H3,(H,29,34)(H,30,35)(H2,31,32,36). The van der Waals surface area contributed by atoms with Crippen molar-refractivity contribution < 1.29 is 38.1 Å². The van der Waals surface area contributed by atoms with Crippen molar-refractivity contribution in [2.45, 2.75) is 49.9 Å². The quantitative estimate of drug-likeness (QED) is 0.0947. The Balaban J connectivity index is 1.03. The van der Waals surface area contributed by atoms with Crippen LogP contribution in [0.5, 0.6) is 0 Å². The first-order valence-electron chi connectivity index (χ1n) is 14.1. The van der Waals surface area contributed by atoms with Gasteiger partial charge in [0.2, 0.25) is 11.8 Å². The minimum atomic E-state index is -0.305. The van der Waals surface area contributed by atoms with Crippen LogP contribution in [0.25, 0.3) is 0 Å². The van der Waals surface area contributed by atoms with Gasteiger partial charge in [0, 0.05) is 35.2 Å². The second-order valence-electron chi connectivity index (χ2n) is 9.79. The SMILES string of the molecule is CC(=O)c1cccc(NC(=O)COCCOCCOCCOCCNC(=O)CCCCC2SCC3NC(=O)NC32)c1. The zero-order chi connectivity index (χ0) is 29.3. The van der Waals surface area contributed by atoms with Crippen LogP contribution in [-0.2, 0) is 28.5 Å². The maximum atomic E-state index is 12.0. The molecule has 228 valence electrons. The summed E-state index contributed by atoms with van der Waals surface area (Å²) in [5.74, 6) is 0.608. The van der Waals surface area contributed by atoms with E-state index in [4.69, 9.17) is 18.9 Å². The van der Waals surface area contributed by atoms with Crippen LogP contribution < -0.4 is 21.3 Å². The highest BCUT2D eigenvalue weighted by atomic mass is 32.2. The molecule has 41 heavy (non-hydrogen) atoms. The molecule has 0 saturated carbocycles. The first kappa shape index (κ1) is 32.8. The van der Waals surface area contributed by atoms with E-state index in [1.165, 1.54) is 6.92 Å². The van der Waals surface area contributed by atoms with E-state index in [-0.39, 0.29) is 48.9 Å². The number of Topliss-reactive ketones (excluding diaryl/α,β-unsaturated/α-hetero) is 1. The number of anilines is 1. The van der Waals surface area contributed by atoms with Crippen LogP contribution in [0.4, 0.5) is 10.5 Å². The lowest BCUT2D eigenvalue weighted by Gasteiger charge is -2.16. The topological polar surface area (TPSA) is 153 Å². The summed E-state index contributed by atoms with van der Waals surface area (Å²) in [5, 5.41) is 11.9. The highest BCUT2D eigenvalue weighted by Crippen LogP contribution is 2.33. The van der Waals surface area contributed by atoms with Gasteiger partial charge in [-0.25, -0.2) is 4.79 Å². The lowest BCUT2D eigenvalue weighted by molar-refractivity contribution is -0.122. The van der Waals surface area contributed by atoms with E-state index >= 15 is 0 Å². The molecule has 1 aromatic carbocycles. The van der Waals surface area contributed by atoms with Crippen molar-refractivity contribution in [1.82, 2.24) is 16.0 Å². The predicted octanol–water partition coefficient (Wildman–Crippen LogP) is 1.74. The van der Waals surface area contributed by atoms with E-state index < -0.39 is 0 Å². The number of amides is 4. The van der Waals surface area contributed by atoms with Gasteiger partial charge in [0.15, 0.2) is 5.78 Å². The first-order chi connectivity index (χ1) is 19.9. The van der Waals surface area contributed by atoms with Gasteiger partial charge in [-0.3, -0.25) is 14.4 Å². The monoisotopic (exact) mass is 594 g/mol. The third-order valence-corrected chi connectivity index (χ3v) is 8.06. The molecule has 0 aliphatic carbocycles. The highest BCUT2D eigenvalue weighted by Gasteiger charge is 2.42. The van der Waals surface area contributed by atoms with Crippen LogP contribution in [0.2, 0.25) is 0 Å². The smallest absolute Gasteiger partial charge is 0.315 e. The molecule has 3 rings (SSSR count). The number of carbonyl (C=O) groups excluding carboxylic acids is 4. The molecule has 2 saturated heterocycles. The number of ketones is 1. The highest BCUT2D eigenvalue weighted by molar-refractivity contribution is 8.00. The predicted molar refractivity (Wildman–Crippen MR) is 155 cm³/mol. The molecule has 2 aliphatic heterocycles. The van der Waals surface area contributed by atoms with Gasteiger partial charge in [-0.15, -0.1) is 0 Å². The molecule has 3 unspecified atom stereocenters. The fourth-order valence-electron chi connectivity index (χ4n) is 4.46. The van der Waals surface area contributed by atoms with Crippen LogP contribution >= 0.6 is 11.8 Å². The molecule has 0 radical (unpaired) electrons. The lowest BCUT2D eigenvalue weighted by atomic mass is 10.0. The second-order valence-corrected chi connectivity index (χ2v) is 11.1. The number of fused-ring (bicyclic) bond motifs is 1. The summed E-state index contributed by atoms with van der Waals surface area (Å²) in [7, 11) is 0. The van der Waals surface area contributed by atoms with Gasteiger partial charge in [-0.2, -0.15) is 11.8 Å². The minimum Gasteiger partial charge on any atom is -0.377 e. The van der Waals surface area contributed by atoms with Gasteiger partial charge in [0.25, 0.3) is 0 Å². The number of ether oxygens (including phenoxy) is 4. The maximum absolute atomic E-state index is 12.0. The molecule has 4 amide bonds. The van der Waals surface area contributed by atoms with Crippen molar-refractivity contribution in [2.75, 3.05) is 70.5 Å². The van der Waals surface area contributed by atoms with E-state index in [1.807, 2.05) is 11.8 Å². The summed E-state index contributed by atoms with van der Waals surface area (Å²) in [6, 6.07) is 7.13. The van der Waals surface area contributed by atoms with Crippen molar-refractivity contribution in [2.24, 2.45) is 0 Å². The van der Waals surface area contributed by atoms with Crippen LogP contribution in [-0.4, -0.2) is 106 Å². The molecule has 0 spiro atoms. The summed E-state index contributed by atoms with van der Waals surface area (Å²) >= 11 is 1.89. The molecule has 2 aliphatic rings. The third-order valence-electron chi connectivity index (χ3n) is 6.55. The Labute approximate surface area is 245 Å². The van der Waals surface area contributed by atoms with E-state index in [9.17, 15) is 19.2 Å². The number of rotatable bonds is 21. The Kier molecular flexibility index (Phi) is 14.9. The molecule has 0 aromatic heterocycles. The Hall–Kier alpha value is -2.71. The molecule has 2 fully saturated rings. The number of hydrogen-bond donors (Lipinski definition) is 4. The van der Waals surface area contributed by atoms with Gasteiger partial charge in [-0.05, 0) is 31.9 Å². The molecule has 1 aromatic rings. The summed E-state index contributed by atoms with van der Waals surface area (Å²) < 4.78 is 21.6.